The number of hydrogen-bond donors (Lipinski definition) is 1. The van der Waals surface area contributed by atoms with E-state index in [4.69, 9.17) is 9.15 Å². The summed E-state index contributed by atoms with van der Waals surface area (Å²) < 4.78 is 10.8. The van der Waals surface area contributed by atoms with Gasteiger partial charge in [0.05, 0.1) is 0 Å². The summed E-state index contributed by atoms with van der Waals surface area (Å²) in [6.45, 7) is 5.52. The maximum Gasteiger partial charge on any atom is 0.277 e. The topological polar surface area (TPSA) is 63.8 Å². The molecule has 1 N–H and O–H groups in total. The maximum absolute atomic E-state index is 11.7. The highest BCUT2D eigenvalue weighted by molar-refractivity contribution is 5.96. The second kappa shape index (κ2) is 6.74. The quantitative estimate of drug-likeness (QED) is 0.679. The van der Waals surface area contributed by atoms with Crippen molar-refractivity contribution >= 4 is 11.6 Å². The second-order valence-corrected chi connectivity index (χ2v) is 4.74. The fourth-order valence-electron chi connectivity index (χ4n) is 1.65. The standard InChI is InChI=1S/C16H18N2O3/c1-11-4-7-14(8-5-11)20-10-16(19)18-17-13(3)15-9-6-12(2)21-15/h4-9H,10H2,1-3H3,(H,18,19)/b17-13+. The van der Waals surface area contributed by atoms with E-state index in [0.717, 1.165) is 11.3 Å². The van der Waals surface area contributed by atoms with Crippen LogP contribution in [0.15, 0.2) is 45.9 Å². The van der Waals surface area contributed by atoms with E-state index in [2.05, 4.69) is 10.5 Å². The number of rotatable bonds is 5. The number of furan rings is 1. The number of benzene rings is 1. The molecule has 0 spiro atoms. The van der Waals surface area contributed by atoms with Crippen molar-refractivity contribution < 1.29 is 13.9 Å². The number of amides is 1. The van der Waals surface area contributed by atoms with E-state index in [1.807, 2.05) is 50.2 Å². The summed E-state index contributed by atoms with van der Waals surface area (Å²) in [7, 11) is 0. The van der Waals surface area contributed by atoms with Crippen molar-refractivity contribution in [2.24, 2.45) is 5.10 Å². The van der Waals surface area contributed by atoms with Crippen LogP contribution in [0.25, 0.3) is 0 Å². The van der Waals surface area contributed by atoms with Gasteiger partial charge in [-0.1, -0.05) is 17.7 Å². The lowest BCUT2D eigenvalue weighted by molar-refractivity contribution is -0.123. The maximum atomic E-state index is 11.7. The van der Waals surface area contributed by atoms with Crippen molar-refractivity contribution in [3.05, 3.63) is 53.5 Å². The van der Waals surface area contributed by atoms with Crippen LogP contribution in [-0.2, 0) is 4.79 Å². The molecule has 1 aromatic carbocycles. The summed E-state index contributed by atoms with van der Waals surface area (Å²) >= 11 is 0. The van der Waals surface area contributed by atoms with Crippen LogP contribution in [0.3, 0.4) is 0 Å². The summed E-state index contributed by atoms with van der Waals surface area (Å²) in [5.74, 6) is 1.76. The summed E-state index contributed by atoms with van der Waals surface area (Å²) in [6, 6.07) is 11.1. The van der Waals surface area contributed by atoms with Crippen LogP contribution in [0.2, 0.25) is 0 Å². The Kier molecular flexibility index (Phi) is 4.77. The molecule has 0 aliphatic carbocycles. The van der Waals surface area contributed by atoms with E-state index in [9.17, 15) is 4.79 Å². The molecule has 0 aliphatic rings. The lowest BCUT2D eigenvalue weighted by Crippen LogP contribution is -2.25. The van der Waals surface area contributed by atoms with E-state index < -0.39 is 0 Å². The molecule has 1 aromatic heterocycles. The SMILES string of the molecule is C/C(=N\NC(=O)COc1ccc(C)cc1)c1ccc(C)o1. The molecule has 0 unspecified atom stereocenters. The zero-order valence-electron chi connectivity index (χ0n) is 12.3. The molecule has 1 heterocycles. The number of nitrogens with zero attached hydrogens (tertiary/aromatic N) is 1. The Morgan fingerprint density at radius 2 is 1.90 bits per heavy atom. The molecule has 110 valence electrons. The van der Waals surface area contributed by atoms with E-state index in [1.54, 1.807) is 6.92 Å². The molecular formula is C16H18N2O3. The van der Waals surface area contributed by atoms with E-state index in [1.165, 1.54) is 0 Å². The molecule has 0 bridgehead atoms. The van der Waals surface area contributed by atoms with Gasteiger partial charge in [0.25, 0.3) is 5.91 Å². The number of carbonyl (C=O) groups excluding carboxylic acids is 1. The monoisotopic (exact) mass is 286 g/mol. The van der Waals surface area contributed by atoms with Crippen molar-refractivity contribution in [2.75, 3.05) is 6.61 Å². The number of hydrogen-bond acceptors (Lipinski definition) is 4. The molecule has 21 heavy (non-hydrogen) atoms. The van der Waals surface area contributed by atoms with Crippen LogP contribution in [-0.4, -0.2) is 18.2 Å². The Bertz CT molecular complexity index is 642. The Balaban J connectivity index is 1.83. The third-order valence-electron chi connectivity index (χ3n) is 2.84. The molecule has 0 radical (unpaired) electrons. The van der Waals surface area contributed by atoms with Gasteiger partial charge in [-0.2, -0.15) is 5.10 Å². The fraction of sp³-hybridized carbons (Fsp3) is 0.250. The molecule has 0 saturated carbocycles. The fourth-order valence-corrected chi connectivity index (χ4v) is 1.65. The van der Waals surface area contributed by atoms with Gasteiger partial charge in [0.1, 0.15) is 23.0 Å². The number of hydrazone groups is 1. The van der Waals surface area contributed by atoms with Gasteiger partial charge in [-0.15, -0.1) is 0 Å². The molecule has 0 atom stereocenters. The highest BCUT2D eigenvalue weighted by atomic mass is 16.5. The molecule has 1 amide bonds. The number of carbonyl (C=O) groups is 1. The minimum Gasteiger partial charge on any atom is -0.484 e. The third kappa shape index (κ3) is 4.49. The van der Waals surface area contributed by atoms with Gasteiger partial charge in [-0.05, 0) is 45.0 Å². The summed E-state index contributed by atoms with van der Waals surface area (Å²) in [4.78, 5) is 11.7. The molecule has 5 nitrogen and oxygen atoms in total. The summed E-state index contributed by atoms with van der Waals surface area (Å²) in [5.41, 5.74) is 4.18. The zero-order valence-corrected chi connectivity index (χ0v) is 12.3. The minimum absolute atomic E-state index is 0.0863. The first-order valence-corrected chi connectivity index (χ1v) is 6.64. The Labute approximate surface area is 123 Å². The smallest absolute Gasteiger partial charge is 0.277 e. The Morgan fingerprint density at radius 3 is 2.52 bits per heavy atom. The van der Waals surface area contributed by atoms with E-state index in [0.29, 0.717) is 17.2 Å². The third-order valence-corrected chi connectivity index (χ3v) is 2.84. The van der Waals surface area contributed by atoms with Crippen LogP contribution < -0.4 is 10.2 Å². The molecule has 0 saturated heterocycles. The normalized spacial score (nSPS) is 11.3. The van der Waals surface area contributed by atoms with Crippen LogP contribution in [0.1, 0.15) is 24.0 Å². The molecule has 0 fully saturated rings. The first-order chi connectivity index (χ1) is 10.0. The first-order valence-electron chi connectivity index (χ1n) is 6.64. The van der Waals surface area contributed by atoms with Crippen LogP contribution in [0, 0.1) is 13.8 Å². The van der Waals surface area contributed by atoms with Gasteiger partial charge in [-0.3, -0.25) is 4.79 Å². The van der Waals surface area contributed by atoms with Gasteiger partial charge < -0.3 is 9.15 Å². The first kappa shape index (κ1) is 14.8. The average Bonchev–Trinajstić information content (AvgIpc) is 2.91. The summed E-state index contributed by atoms with van der Waals surface area (Å²) in [5, 5.41) is 3.98. The van der Waals surface area contributed by atoms with Gasteiger partial charge in [0.15, 0.2) is 6.61 Å². The van der Waals surface area contributed by atoms with Crippen LogP contribution in [0.5, 0.6) is 5.75 Å². The zero-order chi connectivity index (χ0) is 15.2. The van der Waals surface area contributed by atoms with Crippen molar-refractivity contribution in [3.8, 4) is 5.75 Å². The van der Waals surface area contributed by atoms with Gasteiger partial charge in [0.2, 0.25) is 0 Å². The van der Waals surface area contributed by atoms with Crippen molar-refractivity contribution in [1.82, 2.24) is 5.43 Å². The van der Waals surface area contributed by atoms with E-state index >= 15 is 0 Å². The predicted octanol–water partition coefficient (Wildman–Crippen LogP) is 2.82. The molecule has 5 heteroatoms. The number of aryl methyl sites for hydroxylation is 2. The highest BCUT2D eigenvalue weighted by Crippen LogP contribution is 2.11. The number of nitrogens with one attached hydrogen (secondary N) is 1. The van der Waals surface area contributed by atoms with Gasteiger partial charge in [0, 0.05) is 0 Å². The molecule has 0 aliphatic heterocycles. The molecule has 2 rings (SSSR count). The Hall–Kier alpha value is -2.56. The predicted molar refractivity (Wildman–Crippen MR) is 80.5 cm³/mol. The molecule has 2 aromatic rings. The Morgan fingerprint density at radius 1 is 1.19 bits per heavy atom. The van der Waals surface area contributed by atoms with E-state index in [-0.39, 0.29) is 12.5 Å². The summed E-state index contributed by atoms with van der Waals surface area (Å²) in [6.07, 6.45) is 0. The van der Waals surface area contributed by atoms with Crippen molar-refractivity contribution in [1.29, 1.82) is 0 Å². The van der Waals surface area contributed by atoms with Crippen molar-refractivity contribution in [3.63, 3.8) is 0 Å². The highest BCUT2D eigenvalue weighted by Gasteiger charge is 2.05. The largest absolute Gasteiger partial charge is 0.484 e. The minimum atomic E-state index is -0.321. The second-order valence-electron chi connectivity index (χ2n) is 4.74. The van der Waals surface area contributed by atoms with Crippen LogP contribution >= 0.6 is 0 Å². The van der Waals surface area contributed by atoms with Gasteiger partial charge in [-0.25, -0.2) is 5.43 Å². The lowest BCUT2D eigenvalue weighted by atomic mass is 10.2. The van der Waals surface area contributed by atoms with Crippen LogP contribution in [0.4, 0.5) is 0 Å². The number of ether oxygens (including phenoxy) is 1. The lowest BCUT2D eigenvalue weighted by Gasteiger charge is -2.05. The average molecular weight is 286 g/mol. The molecular weight excluding hydrogens is 268 g/mol. The van der Waals surface area contributed by atoms with Gasteiger partial charge >= 0.3 is 0 Å². The van der Waals surface area contributed by atoms with Crippen molar-refractivity contribution in [2.45, 2.75) is 20.8 Å².